The average molecular weight is 364 g/mol. The minimum Gasteiger partial charge on any atom is -0.381 e. The first-order valence-electron chi connectivity index (χ1n) is 8.09. The van der Waals surface area contributed by atoms with Gasteiger partial charge in [-0.05, 0) is 39.2 Å². The summed E-state index contributed by atoms with van der Waals surface area (Å²) in [6.07, 6.45) is -4.40. The molecule has 1 N–H and O–H groups in total. The molecule has 2 aromatic heterocycles. The lowest BCUT2D eigenvalue weighted by Crippen LogP contribution is -2.20. The van der Waals surface area contributed by atoms with Crippen LogP contribution in [0.15, 0.2) is 34.9 Å². The molecule has 1 aromatic carbocycles. The van der Waals surface area contributed by atoms with Crippen molar-refractivity contribution in [1.29, 1.82) is 0 Å². The van der Waals surface area contributed by atoms with Crippen molar-refractivity contribution in [2.45, 2.75) is 13.1 Å². The van der Waals surface area contributed by atoms with Gasteiger partial charge in [0.05, 0.1) is 16.9 Å². The fourth-order valence-corrected chi connectivity index (χ4v) is 2.58. The van der Waals surface area contributed by atoms with Gasteiger partial charge in [0.1, 0.15) is 11.2 Å². The molecule has 0 fully saturated rings. The lowest BCUT2D eigenvalue weighted by molar-refractivity contribution is -0.137. The van der Waals surface area contributed by atoms with Crippen LogP contribution in [0, 0.1) is 6.92 Å². The maximum absolute atomic E-state index is 13.0. The Labute approximate surface area is 148 Å². The molecule has 0 saturated heterocycles. The van der Waals surface area contributed by atoms with E-state index in [-0.39, 0.29) is 0 Å². The highest BCUT2D eigenvalue weighted by Gasteiger charge is 2.30. The van der Waals surface area contributed by atoms with Crippen molar-refractivity contribution in [1.82, 2.24) is 15.0 Å². The van der Waals surface area contributed by atoms with E-state index in [4.69, 9.17) is 4.52 Å². The molecule has 0 aliphatic rings. The maximum atomic E-state index is 13.0. The molecule has 0 bridgehead atoms. The molecule has 0 aliphatic heterocycles. The van der Waals surface area contributed by atoms with Crippen molar-refractivity contribution < 1.29 is 17.7 Å². The number of hydrogen-bond donors (Lipinski definition) is 1. The highest BCUT2D eigenvalue weighted by Crippen LogP contribution is 2.34. The first-order chi connectivity index (χ1) is 12.3. The van der Waals surface area contributed by atoms with Gasteiger partial charge >= 0.3 is 6.18 Å². The van der Waals surface area contributed by atoms with Crippen LogP contribution in [0.2, 0.25) is 0 Å². The molecule has 26 heavy (non-hydrogen) atoms. The van der Waals surface area contributed by atoms with Gasteiger partial charge < -0.3 is 14.7 Å². The number of aromatic nitrogens is 2. The first kappa shape index (κ1) is 18.2. The number of nitrogens with zero attached hydrogens (tertiary/aromatic N) is 3. The number of halogens is 3. The fraction of sp³-hybridized carbons (Fsp3) is 0.333. The summed E-state index contributed by atoms with van der Waals surface area (Å²) in [5.41, 5.74) is 2.39. The third-order valence-electron chi connectivity index (χ3n) is 3.95. The number of fused-ring (bicyclic) bond motifs is 1. The number of alkyl halides is 3. The fourth-order valence-electron chi connectivity index (χ4n) is 2.58. The molecule has 0 radical (unpaired) electrons. The third kappa shape index (κ3) is 3.80. The van der Waals surface area contributed by atoms with E-state index in [1.54, 1.807) is 19.1 Å². The van der Waals surface area contributed by atoms with E-state index in [2.05, 4.69) is 15.5 Å². The van der Waals surface area contributed by atoms with Gasteiger partial charge in [0.15, 0.2) is 0 Å². The second kappa shape index (κ2) is 6.95. The largest absolute Gasteiger partial charge is 0.416 e. The Kier molecular flexibility index (Phi) is 4.86. The van der Waals surface area contributed by atoms with Crippen molar-refractivity contribution >= 4 is 16.8 Å². The molecule has 8 heteroatoms. The summed E-state index contributed by atoms with van der Waals surface area (Å²) in [5, 5.41) is 7.17. The molecule has 0 aliphatic carbocycles. The van der Waals surface area contributed by atoms with Crippen LogP contribution in [-0.2, 0) is 6.18 Å². The lowest BCUT2D eigenvalue weighted by Gasteiger charge is -2.13. The monoisotopic (exact) mass is 364 g/mol. The quantitative estimate of drug-likeness (QED) is 0.736. The molecule has 138 valence electrons. The minimum absolute atomic E-state index is 0.387. The van der Waals surface area contributed by atoms with Crippen LogP contribution in [0.3, 0.4) is 0 Å². The molecule has 0 amide bonds. The predicted molar refractivity (Wildman–Crippen MR) is 94.0 cm³/mol. The van der Waals surface area contributed by atoms with Gasteiger partial charge in [-0.1, -0.05) is 17.3 Å². The number of rotatable bonds is 5. The number of anilines is 1. The lowest BCUT2D eigenvalue weighted by atomic mass is 10.1. The van der Waals surface area contributed by atoms with Crippen molar-refractivity contribution in [3.63, 3.8) is 0 Å². The van der Waals surface area contributed by atoms with E-state index in [1.165, 1.54) is 6.07 Å². The average Bonchev–Trinajstić information content (AvgIpc) is 2.95. The Morgan fingerprint density at radius 2 is 1.96 bits per heavy atom. The minimum atomic E-state index is -4.40. The maximum Gasteiger partial charge on any atom is 0.416 e. The van der Waals surface area contributed by atoms with Gasteiger partial charge in [0.2, 0.25) is 5.58 Å². The van der Waals surface area contributed by atoms with Crippen molar-refractivity contribution in [3.8, 4) is 11.3 Å². The Balaban J connectivity index is 2.05. The van der Waals surface area contributed by atoms with Gasteiger partial charge in [0, 0.05) is 18.7 Å². The molecule has 0 spiro atoms. The molecule has 2 heterocycles. The Hall–Kier alpha value is -2.61. The Morgan fingerprint density at radius 1 is 1.19 bits per heavy atom. The highest BCUT2D eigenvalue weighted by molar-refractivity contribution is 5.90. The SMILES string of the molecule is Cc1noc2c(NCCN(C)C)cc(-c3cccc(C(F)(F)F)c3)nc12. The molecule has 0 unspecified atom stereocenters. The summed E-state index contributed by atoms with van der Waals surface area (Å²) >= 11 is 0. The third-order valence-corrected chi connectivity index (χ3v) is 3.95. The first-order valence-corrected chi connectivity index (χ1v) is 8.09. The predicted octanol–water partition coefficient (Wildman–Crippen LogP) is 4.19. The summed E-state index contributed by atoms with van der Waals surface area (Å²) < 4.78 is 44.4. The van der Waals surface area contributed by atoms with E-state index >= 15 is 0 Å². The van der Waals surface area contributed by atoms with Crippen molar-refractivity contribution in [3.05, 3.63) is 41.6 Å². The van der Waals surface area contributed by atoms with Crippen LogP contribution in [0.5, 0.6) is 0 Å². The van der Waals surface area contributed by atoms with Crippen molar-refractivity contribution in [2.75, 3.05) is 32.5 Å². The number of aryl methyl sites for hydroxylation is 1. The van der Waals surface area contributed by atoms with Crippen LogP contribution >= 0.6 is 0 Å². The van der Waals surface area contributed by atoms with Crippen LogP contribution in [-0.4, -0.2) is 42.2 Å². The van der Waals surface area contributed by atoms with Gasteiger partial charge in [-0.3, -0.25) is 0 Å². The molecule has 0 atom stereocenters. The standard InChI is InChI=1S/C18H19F3N4O/c1-11-16-17(26-24-11)15(22-7-8-25(2)3)10-14(23-16)12-5-4-6-13(9-12)18(19,20)21/h4-6,9-10H,7-8H2,1-3H3,(H,22,23). The Bertz CT molecular complexity index is 918. The molecular formula is C18H19F3N4O. The van der Waals surface area contributed by atoms with Gasteiger partial charge in [-0.15, -0.1) is 0 Å². The zero-order valence-electron chi connectivity index (χ0n) is 14.7. The van der Waals surface area contributed by atoms with Gasteiger partial charge in [-0.2, -0.15) is 13.2 Å². The van der Waals surface area contributed by atoms with Crippen LogP contribution in [0.4, 0.5) is 18.9 Å². The molecule has 3 aromatic rings. The number of benzene rings is 1. The summed E-state index contributed by atoms with van der Waals surface area (Å²) in [6.45, 7) is 3.18. The van der Waals surface area contributed by atoms with Crippen LogP contribution in [0.1, 0.15) is 11.3 Å². The number of pyridine rings is 1. The highest BCUT2D eigenvalue weighted by atomic mass is 19.4. The van der Waals surface area contributed by atoms with E-state index < -0.39 is 11.7 Å². The molecule has 5 nitrogen and oxygen atoms in total. The molecule has 3 rings (SSSR count). The van der Waals surface area contributed by atoms with Crippen LogP contribution < -0.4 is 5.32 Å². The molecule has 0 saturated carbocycles. The van der Waals surface area contributed by atoms with Crippen LogP contribution in [0.25, 0.3) is 22.4 Å². The number of nitrogens with one attached hydrogen (secondary N) is 1. The van der Waals surface area contributed by atoms with Gasteiger partial charge in [0.25, 0.3) is 0 Å². The van der Waals surface area contributed by atoms with E-state index in [0.29, 0.717) is 40.3 Å². The van der Waals surface area contributed by atoms with E-state index in [9.17, 15) is 13.2 Å². The summed E-state index contributed by atoms with van der Waals surface area (Å²) in [6, 6.07) is 6.82. The Morgan fingerprint density at radius 3 is 2.65 bits per heavy atom. The summed E-state index contributed by atoms with van der Waals surface area (Å²) in [4.78, 5) is 6.48. The van der Waals surface area contributed by atoms with Crippen molar-refractivity contribution in [2.24, 2.45) is 0 Å². The second-order valence-corrected chi connectivity index (χ2v) is 6.31. The normalized spacial score (nSPS) is 12.1. The van der Waals surface area contributed by atoms with E-state index in [0.717, 1.165) is 18.7 Å². The summed E-state index contributed by atoms with van der Waals surface area (Å²) in [5.74, 6) is 0. The molecular weight excluding hydrogens is 345 g/mol. The second-order valence-electron chi connectivity index (χ2n) is 6.31. The zero-order valence-corrected chi connectivity index (χ0v) is 14.7. The zero-order chi connectivity index (χ0) is 18.9. The number of hydrogen-bond acceptors (Lipinski definition) is 5. The van der Waals surface area contributed by atoms with E-state index in [1.807, 2.05) is 19.0 Å². The van der Waals surface area contributed by atoms with Gasteiger partial charge in [-0.25, -0.2) is 4.98 Å². The smallest absolute Gasteiger partial charge is 0.381 e. The number of likely N-dealkylation sites (N-methyl/N-ethyl adjacent to an activating group) is 1. The topological polar surface area (TPSA) is 54.2 Å². The summed E-state index contributed by atoms with van der Waals surface area (Å²) in [7, 11) is 3.91.